The summed E-state index contributed by atoms with van der Waals surface area (Å²) in [6.45, 7) is 23.7. The number of carbonyl (C=O) groups is 5. The van der Waals surface area contributed by atoms with Crippen molar-refractivity contribution < 1.29 is 67.0 Å². The first-order valence-corrected chi connectivity index (χ1v) is 16.6. The van der Waals surface area contributed by atoms with Crippen molar-refractivity contribution in [3.63, 3.8) is 0 Å². The average Bonchev–Trinajstić information content (AvgIpc) is 2.91. The quantitative estimate of drug-likeness (QED) is 0.298. The Bertz CT molecular complexity index is 1210. The summed E-state index contributed by atoms with van der Waals surface area (Å²) in [7, 11) is 0. The fourth-order valence-corrected chi connectivity index (χ4v) is 4.06. The van der Waals surface area contributed by atoms with Gasteiger partial charge in [0.25, 0.3) is 0 Å². The van der Waals surface area contributed by atoms with Crippen LogP contribution in [0.3, 0.4) is 0 Å². The molecular formula is C35H58O14. The normalized spacial score (nSPS) is 28.6. The molecule has 2 heterocycles. The maximum Gasteiger partial charge on any atom is 0.311 e. The summed E-state index contributed by atoms with van der Waals surface area (Å²) in [4.78, 5) is 65.9. The minimum atomic E-state index is -1.71. The first-order valence-electron chi connectivity index (χ1n) is 16.6. The van der Waals surface area contributed by atoms with Gasteiger partial charge in [0.15, 0.2) is 43.1 Å². The monoisotopic (exact) mass is 702 g/mol. The van der Waals surface area contributed by atoms with Crippen LogP contribution in [0.2, 0.25) is 0 Å². The zero-order chi connectivity index (χ0) is 38.1. The average molecular weight is 703 g/mol. The predicted octanol–water partition coefficient (Wildman–Crippen LogP) is 3.87. The second-order valence-electron chi connectivity index (χ2n) is 17.8. The van der Waals surface area contributed by atoms with Gasteiger partial charge in [-0.25, -0.2) is 0 Å². The predicted molar refractivity (Wildman–Crippen MR) is 173 cm³/mol. The molecule has 0 aromatic heterocycles. The topological polar surface area (TPSA) is 179 Å². The summed E-state index contributed by atoms with van der Waals surface area (Å²) in [5, 5.41) is 10.9. The Morgan fingerprint density at radius 1 is 0.449 bits per heavy atom. The van der Waals surface area contributed by atoms with E-state index in [0.29, 0.717) is 0 Å². The summed E-state index contributed by atoms with van der Waals surface area (Å²) >= 11 is 0. The van der Waals surface area contributed by atoms with Gasteiger partial charge in [0.1, 0.15) is 6.10 Å². The molecule has 14 nitrogen and oxygen atoms in total. The van der Waals surface area contributed by atoms with E-state index in [9.17, 15) is 29.1 Å². The van der Waals surface area contributed by atoms with Crippen molar-refractivity contribution >= 4 is 29.8 Å². The van der Waals surface area contributed by atoms with E-state index in [1.807, 2.05) is 0 Å². The van der Waals surface area contributed by atoms with Crippen molar-refractivity contribution in [1.29, 1.82) is 0 Å². The standard InChI is InChI=1S/C35H58O14/c1-31(2,3)26(37)44-18-16-42-24(36)22(48-29(40)34(10,11)12)20(18)46-25-23(49-30(41)35(13,14)15)21(47-28(39)33(7,8)9)19(17-43-25)45-27(38)32(4,5)6/h18-25,36H,16-17H2,1-15H3/t18-,19-,20+,21+,22-,23-,24+,25+/m1/s1. The van der Waals surface area contributed by atoms with Crippen molar-refractivity contribution in [2.45, 2.75) is 153 Å². The van der Waals surface area contributed by atoms with Crippen molar-refractivity contribution in [3.8, 4) is 0 Å². The number of aliphatic hydroxyl groups excluding tert-OH is 1. The molecule has 0 spiro atoms. The molecule has 282 valence electrons. The van der Waals surface area contributed by atoms with Gasteiger partial charge in [-0.1, -0.05) is 0 Å². The van der Waals surface area contributed by atoms with Crippen LogP contribution in [0, 0.1) is 27.1 Å². The van der Waals surface area contributed by atoms with E-state index in [0.717, 1.165) is 0 Å². The zero-order valence-corrected chi connectivity index (χ0v) is 31.8. The van der Waals surface area contributed by atoms with Gasteiger partial charge in [-0.3, -0.25) is 24.0 Å². The number of carbonyl (C=O) groups excluding carboxylic acids is 5. The van der Waals surface area contributed by atoms with E-state index < -0.39 is 106 Å². The third-order valence-electron chi connectivity index (χ3n) is 7.39. The van der Waals surface area contributed by atoms with Gasteiger partial charge >= 0.3 is 29.8 Å². The number of hydrogen-bond acceptors (Lipinski definition) is 14. The van der Waals surface area contributed by atoms with E-state index >= 15 is 0 Å². The van der Waals surface area contributed by atoms with Crippen LogP contribution in [0.5, 0.6) is 0 Å². The van der Waals surface area contributed by atoms with Crippen LogP contribution < -0.4 is 0 Å². The number of esters is 5. The first-order chi connectivity index (χ1) is 21.9. The molecule has 1 N–H and O–H groups in total. The van der Waals surface area contributed by atoms with Crippen LogP contribution in [0.4, 0.5) is 0 Å². The smallest absolute Gasteiger partial charge is 0.311 e. The summed E-state index contributed by atoms with van der Waals surface area (Å²) in [6, 6.07) is 0. The van der Waals surface area contributed by atoms with Crippen LogP contribution in [-0.2, 0) is 61.9 Å². The van der Waals surface area contributed by atoms with Crippen molar-refractivity contribution in [2.24, 2.45) is 27.1 Å². The van der Waals surface area contributed by atoms with Gasteiger partial charge in [0, 0.05) is 0 Å². The summed E-state index contributed by atoms with van der Waals surface area (Å²) in [5.41, 5.74) is -4.99. The number of ether oxygens (including phenoxy) is 8. The van der Waals surface area contributed by atoms with E-state index in [1.165, 1.54) is 0 Å². The van der Waals surface area contributed by atoms with E-state index in [-0.39, 0.29) is 13.2 Å². The van der Waals surface area contributed by atoms with E-state index in [2.05, 4.69) is 0 Å². The van der Waals surface area contributed by atoms with Gasteiger partial charge < -0.3 is 43.0 Å². The van der Waals surface area contributed by atoms with Gasteiger partial charge in [0.05, 0.1) is 40.3 Å². The number of hydrogen-bond donors (Lipinski definition) is 1. The largest absolute Gasteiger partial charge is 0.457 e. The third kappa shape index (κ3) is 11.6. The van der Waals surface area contributed by atoms with E-state index in [1.54, 1.807) is 104 Å². The molecule has 0 bridgehead atoms. The molecule has 2 aliphatic rings. The molecule has 49 heavy (non-hydrogen) atoms. The number of aliphatic hydroxyl groups is 1. The molecule has 2 aliphatic heterocycles. The molecule has 0 unspecified atom stereocenters. The fourth-order valence-electron chi connectivity index (χ4n) is 4.06. The van der Waals surface area contributed by atoms with Gasteiger partial charge in [-0.05, 0) is 104 Å². The highest BCUT2D eigenvalue weighted by atomic mass is 16.7. The molecule has 0 saturated carbocycles. The lowest BCUT2D eigenvalue weighted by Crippen LogP contribution is -2.64. The molecule has 0 aromatic rings. The fraction of sp³-hybridized carbons (Fsp3) is 0.857. The lowest BCUT2D eigenvalue weighted by molar-refractivity contribution is -0.335. The second kappa shape index (κ2) is 15.2. The number of rotatable bonds is 7. The summed E-state index contributed by atoms with van der Waals surface area (Å²) in [5.74, 6) is -3.41. The maximum atomic E-state index is 13.4. The van der Waals surface area contributed by atoms with Crippen LogP contribution in [-0.4, -0.2) is 97.4 Å². The van der Waals surface area contributed by atoms with Crippen molar-refractivity contribution in [2.75, 3.05) is 13.2 Å². The molecule has 2 saturated heterocycles. The lowest BCUT2D eigenvalue weighted by atomic mass is 9.94. The Labute approximate surface area is 290 Å². The summed E-state index contributed by atoms with van der Waals surface area (Å²) < 4.78 is 46.9. The van der Waals surface area contributed by atoms with Gasteiger partial charge in [-0.2, -0.15) is 0 Å². The van der Waals surface area contributed by atoms with E-state index in [4.69, 9.17) is 37.9 Å². The molecule has 14 heteroatoms. The maximum absolute atomic E-state index is 13.4. The zero-order valence-electron chi connectivity index (χ0n) is 31.8. The molecule has 0 amide bonds. The second-order valence-corrected chi connectivity index (χ2v) is 17.8. The molecule has 2 fully saturated rings. The molecule has 8 atom stereocenters. The van der Waals surface area contributed by atoms with Crippen molar-refractivity contribution in [1.82, 2.24) is 0 Å². The molecule has 0 aliphatic carbocycles. The van der Waals surface area contributed by atoms with Crippen molar-refractivity contribution in [3.05, 3.63) is 0 Å². The van der Waals surface area contributed by atoms with Crippen LogP contribution >= 0.6 is 0 Å². The molecule has 0 aromatic carbocycles. The summed E-state index contributed by atoms with van der Waals surface area (Å²) in [6.07, 6.45) is -11.7. The van der Waals surface area contributed by atoms with Crippen LogP contribution in [0.15, 0.2) is 0 Å². The molecule has 2 rings (SSSR count). The highest BCUT2D eigenvalue weighted by Crippen LogP contribution is 2.35. The Hall–Kier alpha value is -2.81. The SMILES string of the molecule is CC(C)(C)C(=O)O[C@@H]1[C@@H](O[C@@H]2OC[C@@H](OC(=O)C(C)(C)C)[C@H](OC(=O)C(C)(C)C)[C@H]2OC(=O)C(C)(C)C)[C@H](OC(=O)C(C)(C)C)CO[C@@H]1O. The first kappa shape index (κ1) is 42.4. The Balaban J connectivity index is 2.69. The molecule has 0 radical (unpaired) electrons. The Kier molecular flexibility index (Phi) is 13.1. The molecular weight excluding hydrogens is 644 g/mol. The highest BCUT2D eigenvalue weighted by Gasteiger charge is 2.55. The highest BCUT2D eigenvalue weighted by molar-refractivity contribution is 5.78. The minimum absolute atomic E-state index is 0.357. The Morgan fingerprint density at radius 2 is 0.755 bits per heavy atom. The van der Waals surface area contributed by atoms with Gasteiger partial charge in [0.2, 0.25) is 0 Å². The van der Waals surface area contributed by atoms with Crippen LogP contribution in [0.1, 0.15) is 104 Å². The van der Waals surface area contributed by atoms with Gasteiger partial charge in [-0.15, -0.1) is 0 Å². The third-order valence-corrected chi connectivity index (χ3v) is 7.39. The minimum Gasteiger partial charge on any atom is -0.457 e. The Morgan fingerprint density at radius 3 is 1.14 bits per heavy atom. The van der Waals surface area contributed by atoms with Crippen LogP contribution in [0.25, 0.3) is 0 Å². The lowest BCUT2D eigenvalue weighted by Gasteiger charge is -2.46.